The van der Waals surface area contributed by atoms with E-state index in [-0.39, 0.29) is 17.0 Å². The number of nitriles is 1. The van der Waals surface area contributed by atoms with Crippen LogP contribution in [0.3, 0.4) is 0 Å². The molecule has 1 aliphatic carbocycles. The van der Waals surface area contributed by atoms with Gasteiger partial charge in [0.05, 0.1) is 16.5 Å². The van der Waals surface area contributed by atoms with Crippen LogP contribution >= 0.6 is 0 Å². The van der Waals surface area contributed by atoms with Gasteiger partial charge in [0.2, 0.25) is 10.0 Å². The third-order valence-electron chi connectivity index (χ3n) is 4.25. The van der Waals surface area contributed by atoms with Crippen molar-refractivity contribution < 1.29 is 8.42 Å². The van der Waals surface area contributed by atoms with E-state index in [1.165, 1.54) is 10.4 Å². The molecular formula is C15H21N3O2S. The first kappa shape index (κ1) is 16.0. The third-order valence-corrected chi connectivity index (χ3v) is 6.16. The summed E-state index contributed by atoms with van der Waals surface area (Å²) in [6.07, 6.45) is 3.31. The van der Waals surface area contributed by atoms with Crippen LogP contribution in [0.4, 0.5) is 0 Å². The Kier molecular flexibility index (Phi) is 4.67. The summed E-state index contributed by atoms with van der Waals surface area (Å²) in [5.41, 5.74) is 7.05. The van der Waals surface area contributed by atoms with E-state index in [0.717, 1.165) is 25.7 Å². The van der Waals surface area contributed by atoms with Crippen LogP contribution in [0.2, 0.25) is 0 Å². The normalized spacial score (nSPS) is 23.0. The molecule has 1 fully saturated rings. The summed E-state index contributed by atoms with van der Waals surface area (Å²) in [5.74, 6) is 0. The van der Waals surface area contributed by atoms with Crippen LogP contribution in [-0.2, 0) is 10.0 Å². The molecule has 0 aliphatic heterocycles. The lowest BCUT2D eigenvalue weighted by molar-refractivity contribution is 0.268. The van der Waals surface area contributed by atoms with Gasteiger partial charge in [0.1, 0.15) is 0 Å². The van der Waals surface area contributed by atoms with E-state index in [0.29, 0.717) is 11.1 Å². The van der Waals surface area contributed by atoms with Crippen LogP contribution in [0.15, 0.2) is 23.1 Å². The quantitative estimate of drug-likeness (QED) is 0.921. The molecule has 0 amide bonds. The molecule has 6 heteroatoms. The van der Waals surface area contributed by atoms with Crippen molar-refractivity contribution >= 4 is 10.0 Å². The number of aryl methyl sites for hydroxylation is 1. The van der Waals surface area contributed by atoms with Crippen LogP contribution in [0.5, 0.6) is 0 Å². The van der Waals surface area contributed by atoms with E-state index in [9.17, 15) is 8.42 Å². The summed E-state index contributed by atoms with van der Waals surface area (Å²) in [6.45, 7) is 1.75. The van der Waals surface area contributed by atoms with Gasteiger partial charge in [0.25, 0.3) is 0 Å². The van der Waals surface area contributed by atoms with E-state index in [4.69, 9.17) is 11.0 Å². The molecule has 0 atom stereocenters. The Bertz CT molecular complexity index is 656. The highest BCUT2D eigenvalue weighted by molar-refractivity contribution is 7.89. The average molecular weight is 307 g/mol. The fourth-order valence-electron chi connectivity index (χ4n) is 2.75. The SMILES string of the molecule is Cc1cc(S(=O)(=O)N(C)C2CCC(N)CC2)ccc1C#N. The van der Waals surface area contributed by atoms with E-state index < -0.39 is 10.0 Å². The van der Waals surface area contributed by atoms with Gasteiger partial charge in [-0.25, -0.2) is 8.42 Å². The molecule has 2 rings (SSSR count). The Hall–Kier alpha value is -1.42. The van der Waals surface area contributed by atoms with Crippen molar-refractivity contribution in [2.75, 3.05) is 7.05 Å². The molecule has 0 spiro atoms. The fraction of sp³-hybridized carbons (Fsp3) is 0.533. The molecule has 5 nitrogen and oxygen atoms in total. The molecule has 0 aromatic heterocycles. The number of rotatable bonds is 3. The van der Waals surface area contributed by atoms with Crippen molar-refractivity contribution in [2.45, 2.75) is 49.6 Å². The average Bonchev–Trinajstić information content (AvgIpc) is 2.47. The lowest BCUT2D eigenvalue weighted by Gasteiger charge is -2.32. The van der Waals surface area contributed by atoms with E-state index in [1.807, 2.05) is 6.07 Å². The zero-order valence-corrected chi connectivity index (χ0v) is 13.2. The van der Waals surface area contributed by atoms with Crippen molar-refractivity contribution in [3.63, 3.8) is 0 Å². The van der Waals surface area contributed by atoms with Crippen LogP contribution in [0.25, 0.3) is 0 Å². The molecule has 0 unspecified atom stereocenters. The van der Waals surface area contributed by atoms with Crippen molar-refractivity contribution in [3.8, 4) is 6.07 Å². The molecule has 1 saturated carbocycles. The van der Waals surface area contributed by atoms with Gasteiger partial charge in [-0.05, 0) is 56.4 Å². The second-order valence-electron chi connectivity index (χ2n) is 5.68. The Morgan fingerprint density at radius 3 is 2.43 bits per heavy atom. The zero-order chi connectivity index (χ0) is 15.6. The Labute approximate surface area is 126 Å². The van der Waals surface area contributed by atoms with Gasteiger partial charge in [-0.15, -0.1) is 0 Å². The van der Waals surface area contributed by atoms with E-state index in [1.54, 1.807) is 26.1 Å². The van der Waals surface area contributed by atoms with Crippen LogP contribution in [0, 0.1) is 18.3 Å². The number of nitrogens with two attached hydrogens (primary N) is 1. The lowest BCUT2D eigenvalue weighted by Crippen LogP contribution is -2.41. The minimum atomic E-state index is -3.52. The number of sulfonamides is 1. The molecule has 0 heterocycles. The lowest BCUT2D eigenvalue weighted by atomic mass is 9.92. The standard InChI is InChI=1S/C15H21N3O2S/c1-11-9-15(8-3-12(11)10-16)21(19,20)18(2)14-6-4-13(17)5-7-14/h3,8-9,13-14H,4-7,17H2,1-2H3. The molecular weight excluding hydrogens is 286 g/mol. The second kappa shape index (κ2) is 6.14. The molecule has 0 radical (unpaired) electrons. The fourth-order valence-corrected chi connectivity index (χ4v) is 4.25. The number of hydrogen-bond acceptors (Lipinski definition) is 4. The van der Waals surface area contributed by atoms with E-state index >= 15 is 0 Å². The molecule has 21 heavy (non-hydrogen) atoms. The summed E-state index contributed by atoms with van der Waals surface area (Å²) in [7, 11) is -1.89. The number of hydrogen-bond donors (Lipinski definition) is 1. The van der Waals surface area contributed by atoms with Crippen LogP contribution < -0.4 is 5.73 Å². The van der Waals surface area contributed by atoms with Crippen LogP contribution in [-0.4, -0.2) is 31.9 Å². The molecule has 1 aromatic carbocycles. The maximum absolute atomic E-state index is 12.7. The highest BCUT2D eigenvalue weighted by atomic mass is 32.2. The predicted molar refractivity (Wildman–Crippen MR) is 81.1 cm³/mol. The molecule has 0 saturated heterocycles. The monoisotopic (exact) mass is 307 g/mol. The first-order valence-electron chi connectivity index (χ1n) is 7.10. The molecule has 0 bridgehead atoms. The summed E-state index contributed by atoms with van der Waals surface area (Å²) < 4.78 is 26.8. The van der Waals surface area contributed by atoms with E-state index in [2.05, 4.69) is 0 Å². The summed E-state index contributed by atoms with van der Waals surface area (Å²) in [5, 5.41) is 8.93. The van der Waals surface area contributed by atoms with Gasteiger partial charge in [-0.3, -0.25) is 0 Å². The maximum Gasteiger partial charge on any atom is 0.243 e. The van der Waals surface area contributed by atoms with Gasteiger partial charge in [-0.2, -0.15) is 9.57 Å². The van der Waals surface area contributed by atoms with Crippen LogP contribution in [0.1, 0.15) is 36.8 Å². The summed E-state index contributed by atoms with van der Waals surface area (Å²) >= 11 is 0. The van der Waals surface area contributed by atoms with Gasteiger partial charge >= 0.3 is 0 Å². The summed E-state index contributed by atoms with van der Waals surface area (Å²) in [6, 6.07) is 6.88. The highest BCUT2D eigenvalue weighted by Crippen LogP contribution is 2.26. The largest absolute Gasteiger partial charge is 0.328 e. The predicted octanol–water partition coefficient (Wildman–Crippen LogP) is 1.76. The smallest absolute Gasteiger partial charge is 0.243 e. The molecule has 1 aromatic rings. The van der Waals surface area contributed by atoms with Gasteiger partial charge in [-0.1, -0.05) is 0 Å². The first-order chi connectivity index (χ1) is 9.86. The first-order valence-corrected chi connectivity index (χ1v) is 8.54. The van der Waals surface area contributed by atoms with Crippen molar-refractivity contribution in [3.05, 3.63) is 29.3 Å². The topological polar surface area (TPSA) is 87.2 Å². The highest BCUT2D eigenvalue weighted by Gasteiger charge is 2.30. The Balaban J connectivity index is 2.25. The van der Waals surface area contributed by atoms with Gasteiger partial charge in [0, 0.05) is 19.1 Å². The van der Waals surface area contributed by atoms with Crippen molar-refractivity contribution in [2.24, 2.45) is 5.73 Å². The minimum absolute atomic E-state index is 0.00532. The van der Waals surface area contributed by atoms with Gasteiger partial charge in [0.15, 0.2) is 0 Å². The molecule has 114 valence electrons. The second-order valence-corrected chi connectivity index (χ2v) is 7.68. The minimum Gasteiger partial charge on any atom is -0.328 e. The maximum atomic E-state index is 12.7. The van der Waals surface area contributed by atoms with Crippen molar-refractivity contribution in [1.29, 1.82) is 5.26 Å². The summed E-state index contributed by atoms with van der Waals surface area (Å²) in [4.78, 5) is 0.247. The number of benzene rings is 1. The zero-order valence-electron chi connectivity index (χ0n) is 12.4. The third kappa shape index (κ3) is 3.26. The van der Waals surface area contributed by atoms with Crippen molar-refractivity contribution in [1.82, 2.24) is 4.31 Å². The Morgan fingerprint density at radius 2 is 1.90 bits per heavy atom. The molecule has 1 aliphatic rings. The number of nitrogens with zero attached hydrogens (tertiary/aromatic N) is 2. The Morgan fingerprint density at radius 1 is 1.29 bits per heavy atom. The molecule has 2 N–H and O–H groups in total. The van der Waals surface area contributed by atoms with Gasteiger partial charge < -0.3 is 5.73 Å².